The highest BCUT2D eigenvalue weighted by Crippen LogP contribution is 2.15. The summed E-state index contributed by atoms with van der Waals surface area (Å²) in [4.78, 5) is 10.6. The van der Waals surface area contributed by atoms with E-state index in [-0.39, 0.29) is 12.3 Å². The summed E-state index contributed by atoms with van der Waals surface area (Å²) in [7, 11) is 0. The van der Waals surface area contributed by atoms with Gasteiger partial charge >= 0.3 is 5.97 Å². The summed E-state index contributed by atoms with van der Waals surface area (Å²) in [6, 6.07) is 0. The van der Waals surface area contributed by atoms with Gasteiger partial charge in [-0.2, -0.15) is 0 Å². The zero-order chi connectivity index (χ0) is 16.5. The second-order valence-corrected chi connectivity index (χ2v) is 6.26. The molecular weight excluding hydrogens is 272 g/mol. The molecule has 0 aliphatic rings. The van der Waals surface area contributed by atoms with E-state index >= 15 is 0 Å². The Bertz CT molecular complexity index is 294. The van der Waals surface area contributed by atoms with Gasteiger partial charge in [0.25, 0.3) is 0 Å². The minimum absolute atomic E-state index is 0.140. The molecule has 0 aliphatic carbocycles. The number of rotatable bonds is 16. The summed E-state index contributed by atoms with van der Waals surface area (Å²) in [5.74, 6) is -0.580. The van der Waals surface area contributed by atoms with Crippen molar-refractivity contribution in [3.8, 4) is 0 Å². The van der Waals surface area contributed by atoms with Crippen LogP contribution in [0, 0.1) is 5.92 Å². The summed E-state index contributed by atoms with van der Waals surface area (Å²) in [5, 5.41) is 8.76. The SMILES string of the molecule is C=CC(CCCCCC=CCCCCCCCC)CC(=O)O. The number of aliphatic carboxylic acids is 1. The van der Waals surface area contributed by atoms with Crippen molar-refractivity contribution in [2.75, 3.05) is 0 Å². The second-order valence-electron chi connectivity index (χ2n) is 6.26. The number of carboxylic acids is 1. The summed E-state index contributed by atoms with van der Waals surface area (Å²) in [5.41, 5.74) is 0. The standard InChI is InChI=1S/C20H36O2/c1-3-5-6-7-8-9-10-11-12-13-14-15-16-17-19(4-2)18-20(21)22/h4,11-12,19H,2-3,5-10,13-18H2,1H3,(H,21,22). The highest BCUT2D eigenvalue weighted by molar-refractivity contribution is 5.67. The lowest BCUT2D eigenvalue weighted by molar-refractivity contribution is -0.137. The molecular formula is C20H36O2. The van der Waals surface area contributed by atoms with Crippen molar-refractivity contribution < 1.29 is 9.90 Å². The fraction of sp³-hybridized carbons (Fsp3) is 0.750. The molecule has 0 heterocycles. The molecule has 0 aromatic carbocycles. The van der Waals surface area contributed by atoms with Crippen LogP contribution in [-0.2, 0) is 4.79 Å². The maximum absolute atomic E-state index is 10.6. The van der Waals surface area contributed by atoms with E-state index in [9.17, 15) is 4.79 Å². The van der Waals surface area contributed by atoms with Crippen molar-refractivity contribution >= 4 is 5.97 Å². The van der Waals surface area contributed by atoms with Crippen molar-refractivity contribution in [3.63, 3.8) is 0 Å². The molecule has 0 spiro atoms. The molecule has 0 bridgehead atoms. The fourth-order valence-electron chi connectivity index (χ4n) is 2.65. The molecule has 0 rings (SSSR count). The Balaban J connectivity index is 3.32. The molecule has 0 saturated carbocycles. The van der Waals surface area contributed by atoms with Crippen LogP contribution in [0.15, 0.2) is 24.8 Å². The Labute approximate surface area is 137 Å². The molecule has 0 aromatic heterocycles. The zero-order valence-electron chi connectivity index (χ0n) is 14.6. The number of hydrogen-bond acceptors (Lipinski definition) is 1. The Morgan fingerprint density at radius 1 is 0.955 bits per heavy atom. The predicted molar refractivity (Wildman–Crippen MR) is 96.2 cm³/mol. The van der Waals surface area contributed by atoms with Crippen LogP contribution in [-0.4, -0.2) is 11.1 Å². The van der Waals surface area contributed by atoms with E-state index in [1.54, 1.807) is 6.08 Å². The van der Waals surface area contributed by atoms with E-state index < -0.39 is 5.97 Å². The highest BCUT2D eigenvalue weighted by Gasteiger charge is 2.08. The quantitative estimate of drug-likeness (QED) is 0.260. The minimum atomic E-state index is -0.720. The van der Waals surface area contributed by atoms with Gasteiger partial charge in [0.15, 0.2) is 0 Å². The largest absolute Gasteiger partial charge is 0.481 e. The predicted octanol–water partition coefficient (Wildman–Crippen LogP) is 6.52. The molecule has 0 saturated heterocycles. The van der Waals surface area contributed by atoms with Gasteiger partial charge in [0.05, 0.1) is 6.42 Å². The molecule has 128 valence electrons. The lowest BCUT2D eigenvalue weighted by atomic mass is 9.97. The molecule has 1 unspecified atom stereocenters. The molecule has 1 N–H and O–H groups in total. The van der Waals surface area contributed by atoms with Crippen molar-refractivity contribution in [3.05, 3.63) is 24.8 Å². The first kappa shape index (κ1) is 20.9. The van der Waals surface area contributed by atoms with E-state index in [2.05, 4.69) is 25.7 Å². The maximum atomic E-state index is 10.6. The maximum Gasteiger partial charge on any atom is 0.303 e. The molecule has 2 nitrogen and oxygen atoms in total. The molecule has 22 heavy (non-hydrogen) atoms. The smallest absolute Gasteiger partial charge is 0.303 e. The number of unbranched alkanes of at least 4 members (excludes halogenated alkanes) is 9. The Kier molecular flexibility index (Phi) is 15.5. The monoisotopic (exact) mass is 308 g/mol. The molecule has 2 heteroatoms. The average molecular weight is 309 g/mol. The molecule has 0 amide bonds. The number of hydrogen-bond donors (Lipinski definition) is 1. The Morgan fingerprint density at radius 2 is 1.50 bits per heavy atom. The third-order valence-corrected chi connectivity index (χ3v) is 4.11. The van der Waals surface area contributed by atoms with Crippen LogP contribution in [0.25, 0.3) is 0 Å². The van der Waals surface area contributed by atoms with E-state index in [1.165, 1.54) is 57.8 Å². The van der Waals surface area contributed by atoms with Crippen LogP contribution in [0.5, 0.6) is 0 Å². The van der Waals surface area contributed by atoms with E-state index in [1.807, 2.05) is 0 Å². The van der Waals surface area contributed by atoms with Gasteiger partial charge in [-0.3, -0.25) is 4.79 Å². The van der Waals surface area contributed by atoms with E-state index in [4.69, 9.17) is 5.11 Å². The molecule has 0 fully saturated rings. The van der Waals surface area contributed by atoms with E-state index in [0.29, 0.717) is 0 Å². The molecule has 0 aliphatic heterocycles. The first-order chi connectivity index (χ1) is 10.7. The summed E-state index contributed by atoms with van der Waals surface area (Å²) in [6.07, 6.45) is 21.7. The van der Waals surface area contributed by atoms with Gasteiger partial charge in [-0.25, -0.2) is 0 Å². The highest BCUT2D eigenvalue weighted by atomic mass is 16.4. The third kappa shape index (κ3) is 15.3. The number of carbonyl (C=O) groups is 1. The molecule has 0 aromatic rings. The van der Waals surface area contributed by atoms with Crippen molar-refractivity contribution in [2.24, 2.45) is 5.92 Å². The second kappa shape index (κ2) is 16.3. The van der Waals surface area contributed by atoms with Gasteiger partial charge in [-0.1, -0.05) is 70.1 Å². The van der Waals surface area contributed by atoms with Gasteiger partial charge in [0.1, 0.15) is 0 Å². The lowest BCUT2D eigenvalue weighted by Crippen LogP contribution is -2.05. The zero-order valence-corrected chi connectivity index (χ0v) is 14.6. The topological polar surface area (TPSA) is 37.3 Å². The van der Waals surface area contributed by atoms with Gasteiger partial charge < -0.3 is 5.11 Å². The normalized spacial score (nSPS) is 12.6. The molecule has 0 radical (unpaired) electrons. The van der Waals surface area contributed by atoms with Gasteiger partial charge in [0, 0.05) is 0 Å². The van der Waals surface area contributed by atoms with Crippen LogP contribution >= 0.6 is 0 Å². The van der Waals surface area contributed by atoms with Crippen LogP contribution in [0.2, 0.25) is 0 Å². The average Bonchev–Trinajstić information content (AvgIpc) is 2.50. The minimum Gasteiger partial charge on any atom is -0.481 e. The Hall–Kier alpha value is -1.05. The van der Waals surface area contributed by atoms with Gasteiger partial charge in [-0.05, 0) is 38.0 Å². The lowest BCUT2D eigenvalue weighted by Gasteiger charge is -2.08. The summed E-state index contributed by atoms with van der Waals surface area (Å²) in [6.45, 7) is 5.98. The molecule has 1 atom stereocenters. The number of allylic oxidation sites excluding steroid dienone is 3. The first-order valence-corrected chi connectivity index (χ1v) is 9.20. The van der Waals surface area contributed by atoms with Crippen LogP contribution in [0.4, 0.5) is 0 Å². The number of carboxylic acid groups (broad SMARTS) is 1. The summed E-state index contributed by atoms with van der Waals surface area (Å²) >= 11 is 0. The third-order valence-electron chi connectivity index (χ3n) is 4.11. The van der Waals surface area contributed by atoms with Crippen LogP contribution in [0.1, 0.15) is 90.4 Å². The fourth-order valence-corrected chi connectivity index (χ4v) is 2.65. The van der Waals surface area contributed by atoms with Gasteiger partial charge in [-0.15, -0.1) is 6.58 Å². The van der Waals surface area contributed by atoms with Gasteiger partial charge in [0.2, 0.25) is 0 Å². The first-order valence-electron chi connectivity index (χ1n) is 9.20. The van der Waals surface area contributed by atoms with Crippen molar-refractivity contribution in [2.45, 2.75) is 90.4 Å². The summed E-state index contributed by atoms with van der Waals surface area (Å²) < 4.78 is 0. The van der Waals surface area contributed by atoms with E-state index in [0.717, 1.165) is 19.3 Å². The van der Waals surface area contributed by atoms with Crippen LogP contribution in [0.3, 0.4) is 0 Å². The van der Waals surface area contributed by atoms with Crippen LogP contribution < -0.4 is 0 Å². The van der Waals surface area contributed by atoms with Crippen molar-refractivity contribution in [1.29, 1.82) is 0 Å². The Morgan fingerprint density at radius 3 is 2.05 bits per heavy atom. The van der Waals surface area contributed by atoms with Crippen molar-refractivity contribution in [1.82, 2.24) is 0 Å².